The molecular formula is C28H36SiTi. The summed E-state index contributed by atoms with van der Waals surface area (Å²) in [5.74, 6) is 0. The second-order valence-corrected chi connectivity index (χ2v) is 12.5. The predicted molar refractivity (Wildman–Crippen MR) is 136 cm³/mol. The van der Waals surface area contributed by atoms with Crippen LogP contribution in [-0.4, -0.2) is 8.07 Å². The molecule has 4 rings (SSSR count). The molecule has 0 heterocycles. The van der Waals surface area contributed by atoms with Crippen molar-refractivity contribution < 1.29 is 21.7 Å². The first kappa shape index (κ1) is 26.6. The number of hydrogen-bond donors (Lipinski definition) is 0. The van der Waals surface area contributed by atoms with E-state index >= 15 is 0 Å². The Kier molecular flexibility index (Phi) is 11.6. The fraction of sp³-hybridized carbons (Fsp3) is 0.286. The topological polar surface area (TPSA) is 0 Å². The van der Waals surface area contributed by atoms with Gasteiger partial charge in [0.25, 0.3) is 0 Å². The van der Waals surface area contributed by atoms with Crippen LogP contribution in [0.3, 0.4) is 0 Å². The van der Waals surface area contributed by atoms with Gasteiger partial charge in [-0.15, -0.1) is 69.7 Å². The molecule has 0 spiro atoms. The van der Waals surface area contributed by atoms with Gasteiger partial charge in [-0.3, -0.25) is 0 Å². The van der Waals surface area contributed by atoms with Crippen LogP contribution in [-0.2, 0) is 21.7 Å². The molecule has 0 saturated carbocycles. The van der Waals surface area contributed by atoms with Gasteiger partial charge in [-0.2, -0.15) is 35.7 Å². The van der Waals surface area contributed by atoms with E-state index in [1.165, 1.54) is 44.8 Å². The van der Waals surface area contributed by atoms with Crippen LogP contribution in [0.4, 0.5) is 0 Å². The second kappa shape index (κ2) is 13.1. The number of rotatable bonds is 4. The van der Waals surface area contributed by atoms with Gasteiger partial charge >= 0.3 is 21.7 Å². The van der Waals surface area contributed by atoms with Gasteiger partial charge in [0.05, 0.1) is 8.07 Å². The minimum absolute atomic E-state index is 0. The van der Waals surface area contributed by atoms with Gasteiger partial charge in [0.15, 0.2) is 0 Å². The molecule has 0 aromatic heterocycles. The van der Waals surface area contributed by atoms with Crippen molar-refractivity contribution in [3.05, 3.63) is 86.6 Å². The van der Waals surface area contributed by atoms with E-state index in [1.807, 2.05) is 0 Å². The SMILES string of the molecule is C[Si](C)(c1cc2ccccc2[cH-]1)c1cc2ccccc2[cH-]1.[CH2-]CCC.[CH2-]CCC.[Ti+4]. The van der Waals surface area contributed by atoms with Gasteiger partial charge in [-0.05, 0) is 0 Å². The minimum atomic E-state index is -1.62. The van der Waals surface area contributed by atoms with E-state index in [9.17, 15) is 0 Å². The Morgan fingerprint density at radius 3 is 1.33 bits per heavy atom. The van der Waals surface area contributed by atoms with E-state index in [2.05, 4.69) is 114 Å². The summed E-state index contributed by atoms with van der Waals surface area (Å²) >= 11 is 0. The van der Waals surface area contributed by atoms with Gasteiger partial charge in [0.2, 0.25) is 0 Å². The molecule has 0 unspecified atom stereocenters. The normalized spacial score (nSPS) is 10.6. The molecule has 0 N–H and O–H groups in total. The van der Waals surface area contributed by atoms with Crippen molar-refractivity contribution in [3.8, 4) is 0 Å². The Hall–Kier alpha value is -1.41. The van der Waals surface area contributed by atoms with E-state index < -0.39 is 8.07 Å². The monoisotopic (exact) mass is 448 g/mol. The smallest absolute Gasteiger partial charge is 0.343 e. The zero-order chi connectivity index (χ0) is 21.3. The Balaban J connectivity index is 0.000000435. The molecule has 30 heavy (non-hydrogen) atoms. The third kappa shape index (κ3) is 6.80. The second-order valence-electron chi connectivity index (χ2n) is 8.08. The van der Waals surface area contributed by atoms with Gasteiger partial charge in [-0.1, -0.05) is 51.9 Å². The molecule has 4 aromatic carbocycles. The number of unbranched alkanes of at least 4 members (excludes halogenated alkanes) is 2. The summed E-state index contributed by atoms with van der Waals surface area (Å²) in [5, 5.41) is 8.51. The predicted octanol–water partition coefficient (Wildman–Crippen LogP) is 7.49. The van der Waals surface area contributed by atoms with Gasteiger partial charge in [-0.25, -0.2) is 0 Å². The van der Waals surface area contributed by atoms with Crippen molar-refractivity contribution in [2.75, 3.05) is 0 Å². The summed E-state index contributed by atoms with van der Waals surface area (Å²) in [5.41, 5.74) is 0. The van der Waals surface area contributed by atoms with Gasteiger partial charge < -0.3 is 13.8 Å². The molecule has 156 valence electrons. The molecule has 0 aliphatic carbocycles. The average molecular weight is 449 g/mol. The summed E-state index contributed by atoms with van der Waals surface area (Å²) in [6, 6.07) is 26.9. The average Bonchev–Trinajstić information content (AvgIpc) is 3.39. The molecule has 0 aliphatic heterocycles. The molecule has 0 nitrogen and oxygen atoms in total. The van der Waals surface area contributed by atoms with Gasteiger partial charge in [0, 0.05) is 0 Å². The molecular weight excluding hydrogens is 412 g/mol. The van der Waals surface area contributed by atoms with E-state index in [4.69, 9.17) is 0 Å². The van der Waals surface area contributed by atoms with Crippen molar-refractivity contribution in [1.29, 1.82) is 0 Å². The van der Waals surface area contributed by atoms with Crippen molar-refractivity contribution in [2.24, 2.45) is 0 Å². The van der Waals surface area contributed by atoms with Crippen LogP contribution in [0.1, 0.15) is 39.5 Å². The Morgan fingerprint density at radius 2 is 1.03 bits per heavy atom. The zero-order valence-electron chi connectivity index (χ0n) is 19.2. The van der Waals surface area contributed by atoms with E-state index in [-0.39, 0.29) is 21.7 Å². The summed E-state index contributed by atoms with van der Waals surface area (Å²) in [6.07, 6.45) is 4.56. The molecule has 0 radical (unpaired) electrons. The van der Waals surface area contributed by atoms with Crippen molar-refractivity contribution in [2.45, 2.75) is 52.6 Å². The minimum Gasteiger partial charge on any atom is -0.343 e. The van der Waals surface area contributed by atoms with Crippen LogP contribution in [0, 0.1) is 13.8 Å². The Labute approximate surface area is 200 Å². The maximum Gasteiger partial charge on any atom is 4.00 e. The first-order valence-electron chi connectivity index (χ1n) is 10.9. The van der Waals surface area contributed by atoms with Crippen LogP contribution >= 0.6 is 0 Å². The maximum atomic E-state index is 3.60. The third-order valence-electron chi connectivity index (χ3n) is 5.39. The fourth-order valence-electron chi connectivity index (χ4n) is 3.19. The zero-order valence-corrected chi connectivity index (χ0v) is 21.7. The molecule has 2 heteroatoms. The molecule has 0 saturated heterocycles. The van der Waals surface area contributed by atoms with E-state index in [0.29, 0.717) is 0 Å². The standard InChI is InChI=1S/C20H18Si.2C4H9.Ti/c1-21(2,19-11-15-7-3-4-8-16(15)12-19)20-13-17-9-5-6-10-18(17)14-20;2*1-3-4-2;/h3-14H,1-2H3;2*1,3-4H2,2H3;/q-2;2*-1;+4. The van der Waals surface area contributed by atoms with Crippen LogP contribution in [0.25, 0.3) is 21.5 Å². The van der Waals surface area contributed by atoms with E-state index in [1.54, 1.807) is 0 Å². The Morgan fingerprint density at radius 1 is 0.700 bits per heavy atom. The largest absolute Gasteiger partial charge is 4.00 e. The molecule has 4 aromatic rings. The molecule has 0 amide bonds. The number of benzene rings is 2. The summed E-state index contributed by atoms with van der Waals surface area (Å²) in [6.45, 7) is 16.4. The molecule has 0 aliphatic rings. The molecule has 0 fully saturated rings. The molecule has 0 bridgehead atoms. The molecule has 0 atom stereocenters. The van der Waals surface area contributed by atoms with E-state index in [0.717, 1.165) is 12.8 Å². The summed E-state index contributed by atoms with van der Waals surface area (Å²) < 4.78 is 0. The van der Waals surface area contributed by atoms with Crippen LogP contribution < -0.4 is 10.4 Å². The van der Waals surface area contributed by atoms with Gasteiger partial charge in [0.1, 0.15) is 0 Å². The number of hydrogen-bond acceptors (Lipinski definition) is 0. The summed E-state index contributed by atoms with van der Waals surface area (Å²) in [7, 11) is -1.62. The van der Waals surface area contributed by atoms with Crippen LogP contribution in [0.15, 0.2) is 72.8 Å². The maximum absolute atomic E-state index is 3.60. The Bertz CT molecular complexity index is 840. The fourth-order valence-corrected chi connectivity index (χ4v) is 5.59. The summed E-state index contributed by atoms with van der Waals surface area (Å²) in [4.78, 5) is 0. The first-order chi connectivity index (χ1) is 14.0. The third-order valence-corrected chi connectivity index (χ3v) is 8.85. The van der Waals surface area contributed by atoms with Crippen LogP contribution in [0.5, 0.6) is 0 Å². The number of fused-ring (bicyclic) bond motifs is 2. The van der Waals surface area contributed by atoms with Crippen LogP contribution in [0.2, 0.25) is 13.1 Å². The quantitative estimate of drug-likeness (QED) is 0.224. The van der Waals surface area contributed by atoms with Crippen molar-refractivity contribution >= 4 is 40.0 Å². The first-order valence-corrected chi connectivity index (χ1v) is 13.9. The van der Waals surface area contributed by atoms with Crippen molar-refractivity contribution in [1.82, 2.24) is 0 Å². The van der Waals surface area contributed by atoms with Crippen molar-refractivity contribution in [3.63, 3.8) is 0 Å².